The quantitative estimate of drug-likeness (QED) is 0.154. The molecular weight excluding hydrogens is 472 g/mol. The molecule has 0 unspecified atom stereocenters. The number of hydrogen-bond donors (Lipinski definition) is 11. The molecule has 0 aromatic heterocycles. The van der Waals surface area contributed by atoms with Crippen molar-refractivity contribution in [3.05, 3.63) is 0 Å². The topological polar surface area (TPSA) is 269 Å². The average molecular weight is 504 g/mol. The van der Waals surface area contributed by atoms with Gasteiger partial charge in [-0.15, -0.1) is 0 Å². The molecule has 16 heteroatoms. The molecular formula is C18H32O16. The van der Waals surface area contributed by atoms with E-state index in [4.69, 9.17) is 23.7 Å². The van der Waals surface area contributed by atoms with E-state index in [0.29, 0.717) is 0 Å². The van der Waals surface area contributed by atoms with E-state index < -0.39 is 112 Å². The molecule has 3 heterocycles. The van der Waals surface area contributed by atoms with Gasteiger partial charge in [-0.1, -0.05) is 0 Å². The fraction of sp³-hybridized carbons (Fsp3) is 1.00. The number of ether oxygens (including phenoxy) is 5. The van der Waals surface area contributed by atoms with Crippen LogP contribution in [0.2, 0.25) is 0 Å². The predicted octanol–water partition coefficient (Wildman–Crippen LogP) is -7.57. The van der Waals surface area contributed by atoms with Crippen LogP contribution >= 0.6 is 0 Å². The van der Waals surface area contributed by atoms with Crippen LogP contribution in [-0.2, 0) is 23.7 Å². The van der Waals surface area contributed by atoms with E-state index in [1.165, 1.54) is 0 Å². The summed E-state index contributed by atoms with van der Waals surface area (Å²) in [6.45, 7) is -2.31. The molecule has 3 rings (SSSR count). The molecule has 0 aromatic carbocycles. The Balaban J connectivity index is 1.82. The normalized spacial score (nSPS) is 52.5. The van der Waals surface area contributed by atoms with Crippen molar-refractivity contribution in [2.24, 2.45) is 0 Å². The number of aliphatic hydroxyl groups excluding tert-OH is 11. The summed E-state index contributed by atoms with van der Waals surface area (Å²) in [4.78, 5) is 0. The summed E-state index contributed by atoms with van der Waals surface area (Å²) in [6, 6.07) is 0. The maximum Gasteiger partial charge on any atom is 0.187 e. The Morgan fingerprint density at radius 2 is 0.853 bits per heavy atom. The van der Waals surface area contributed by atoms with E-state index in [1.807, 2.05) is 0 Å². The van der Waals surface area contributed by atoms with Crippen LogP contribution in [0.5, 0.6) is 0 Å². The third-order valence-corrected chi connectivity index (χ3v) is 6.10. The zero-order chi connectivity index (χ0) is 25.3. The van der Waals surface area contributed by atoms with Crippen molar-refractivity contribution >= 4 is 0 Å². The van der Waals surface area contributed by atoms with E-state index in [1.54, 1.807) is 0 Å². The monoisotopic (exact) mass is 504 g/mol. The third kappa shape index (κ3) is 5.37. The minimum absolute atomic E-state index is 0.734. The molecule has 0 aliphatic carbocycles. The first-order chi connectivity index (χ1) is 16.0. The molecule has 0 aromatic rings. The predicted molar refractivity (Wildman–Crippen MR) is 101 cm³/mol. The maximum absolute atomic E-state index is 10.6. The number of aliphatic hydroxyl groups is 11. The first-order valence-corrected chi connectivity index (χ1v) is 10.6. The lowest BCUT2D eigenvalue weighted by Crippen LogP contribution is -2.66. The molecule has 3 aliphatic heterocycles. The van der Waals surface area contributed by atoms with Crippen molar-refractivity contribution in [3.8, 4) is 0 Å². The van der Waals surface area contributed by atoms with Crippen LogP contribution in [0.3, 0.4) is 0 Å². The fourth-order valence-corrected chi connectivity index (χ4v) is 4.02. The Labute approximate surface area is 192 Å². The summed E-state index contributed by atoms with van der Waals surface area (Å²) in [6.07, 6.45) is -25.7. The molecule has 0 amide bonds. The Bertz CT molecular complexity index is 639. The van der Waals surface area contributed by atoms with E-state index >= 15 is 0 Å². The van der Waals surface area contributed by atoms with E-state index in [9.17, 15) is 56.2 Å². The molecule has 0 saturated carbocycles. The van der Waals surface area contributed by atoms with Crippen LogP contribution in [-0.4, -0.2) is 168 Å². The van der Waals surface area contributed by atoms with Gasteiger partial charge in [0.2, 0.25) is 0 Å². The van der Waals surface area contributed by atoms with E-state index in [0.717, 1.165) is 0 Å². The van der Waals surface area contributed by atoms with Crippen molar-refractivity contribution in [1.29, 1.82) is 0 Å². The highest BCUT2D eigenvalue weighted by Gasteiger charge is 2.53. The summed E-state index contributed by atoms with van der Waals surface area (Å²) in [7, 11) is 0. The standard InChI is InChI=1S/C18H32O16/c19-1-4-8(23)11(26)14(16(29)30-4)33-18-15(12(27)9(24)6(3-21)32-18)34-17-13(28)10(25)7(22)5(2-20)31-17/h4-29H,1-3H2/t4-,5-,6-,7-,8-,9-,10+,11+,12+,13+,14+,15+,16+,17+,18-/m1/s1. The second kappa shape index (κ2) is 11.6. The van der Waals surface area contributed by atoms with E-state index in [-0.39, 0.29) is 0 Å². The van der Waals surface area contributed by atoms with Crippen LogP contribution in [0, 0.1) is 0 Å². The molecule has 16 nitrogen and oxygen atoms in total. The Kier molecular flexibility index (Phi) is 9.54. The summed E-state index contributed by atoms with van der Waals surface area (Å²) in [5.74, 6) is 0. The first-order valence-electron chi connectivity index (χ1n) is 10.6. The molecule has 0 radical (unpaired) electrons. The van der Waals surface area contributed by atoms with Gasteiger partial charge < -0.3 is 79.9 Å². The molecule has 0 spiro atoms. The molecule has 3 aliphatic rings. The summed E-state index contributed by atoms with van der Waals surface area (Å²) in [5.41, 5.74) is 0. The highest BCUT2D eigenvalue weighted by molar-refractivity contribution is 4.95. The fourth-order valence-electron chi connectivity index (χ4n) is 4.02. The molecule has 11 N–H and O–H groups in total. The smallest absolute Gasteiger partial charge is 0.187 e. The molecule has 0 bridgehead atoms. The largest absolute Gasteiger partial charge is 0.394 e. The van der Waals surface area contributed by atoms with Gasteiger partial charge in [-0.05, 0) is 0 Å². The summed E-state index contributed by atoms with van der Waals surface area (Å²) >= 11 is 0. The maximum atomic E-state index is 10.6. The number of hydrogen-bond acceptors (Lipinski definition) is 16. The lowest BCUT2D eigenvalue weighted by atomic mass is 9.96. The summed E-state index contributed by atoms with van der Waals surface area (Å²) in [5, 5.41) is 109. The van der Waals surface area contributed by atoms with Gasteiger partial charge >= 0.3 is 0 Å². The zero-order valence-electron chi connectivity index (χ0n) is 17.7. The van der Waals surface area contributed by atoms with Crippen LogP contribution < -0.4 is 0 Å². The highest BCUT2D eigenvalue weighted by Crippen LogP contribution is 2.32. The van der Waals surface area contributed by atoms with Crippen LogP contribution in [0.1, 0.15) is 0 Å². The van der Waals surface area contributed by atoms with Gasteiger partial charge in [0.1, 0.15) is 73.2 Å². The van der Waals surface area contributed by atoms with Crippen LogP contribution in [0.25, 0.3) is 0 Å². The molecule has 3 fully saturated rings. The van der Waals surface area contributed by atoms with Gasteiger partial charge in [-0.25, -0.2) is 0 Å². The summed E-state index contributed by atoms with van der Waals surface area (Å²) < 4.78 is 26.5. The van der Waals surface area contributed by atoms with Gasteiger partial charge in [0.15, 0.2) is 18.9 Å². The minimum Gasteiger partial charge on any atom is -0.394 e. The Morgan fingerprint density at radius 3 is 1.38 bits per heavy atom. The second-order valence-electron chi connectivity index (χ2n) is 8.33. The first kappa shape index (κ1) is 27.9. The second-order valence-corrected chi connectivity index (χ2v) is 8.33. The van der Waals surface area contributed by atoms with Crippen molar-refractivity contribution in [3.63, 3.8) is 0 Å². The van der Waals surface area contributed by atoms with Gasteiger partial charge in [0.25, 0.3) is 0 Å². The van der Waals surface area contributed by atoms with E-state index in [2.05, 4.69) is 0 Å². The molecule has 15 atom stereocenters. The van der Waals surface area contributed by atoms with Gasteiger partial charge in [0.05, 0.1) is 19.8 Å². The third-order valence-electron chi connectivity index (χ3n) is 6.10. The Morgan fingerprint density at radius 1 is 0.441 bits per heavy atom. The van der Waals surface area contributed by atoms with Gasteiger partial charge in [-0.2, -0.15) is 0 Å². The van der Waals surface area contributed by atoms with Gasteiger partial charge in [0, 0.05) is 0 Å². The molecule has 200 valence electrons. The lowest BCUT2D eigenvalue weighted by molar-refractivity contribution is -0.391. The lowest BCUT2D eigenvalue weighted by Gasteiger charge is -2.48. The minimum atomic E-state index is -1.90. The van der Waals surface area contributed by atoms with Crippen molar-refractivity contribution in [2.45, 2.75) is 92.1 Å². The number of rotatable bonds is 7. The highest BCUT2D eigenvalue weighted by atomic mass is 16.8. The van der Waals surface area contributed by atoms with Crippen molar-refractivity contribution in [1.82, 2.24) is 0 Å². The van der Waals surface area contributed by atoms with Crippen LogP contribution in [0.4, 0.5) is 0 Å². The Hall–Kier alpha value is -0.640. The average Bonchev–Trinajstić information content (AvgIpc) is 2.83. The molecule has 3 saturated heterocycles. The molecule has 34 heavy (non-hydrogen) atoms. The van der Waals surface area contributed by atoms with Crippen LogP contribution in [0.15, 0.2) is 0 Å². The zero-order valence-corrected chi connectivity index (χ0v) is 17.7. The van der Waals surface area contributed by atoms with Crippen molar-refractivity contribution < 1.29 is 79.9 Å². The SMILES string of the molecule is OC[C@H]1O[C@@H](O[C@@H]2[C@@H](O[C@H]3[C@@H](O)[C@H](O)[C@@H](CO)O[C@@H]3O)O[C@H](CO)[C@@H](O)[C@@H]2O)[C@@H](O)[C@@H](O)[C@@H]1O. The van der Waals surface area contributed by atoms with Gasteiger partial charge in [-0.3, -0.25) is 0 Å². The van der Waals surface area contributed by atoms with Crippen molar-refractivity contribution in [2.75, 3.05) is 19.8 Å².